The first-order valence-electron chi connectivity index (χ1n) is 8.80. The lowest BCUT2D eigenvalue weighted by Crippen LogP contribution is -2.25. The van der Waals surface area contributed by atoms with Gasteiger partial charge in [-0.25, -0.2) is 10.1 Å². The molecule has 4 N–H and O–H groups in total. The molecule has 1 saturated heterocycles. The quantitative estimate of drug-likeness (QED) is 0.582. The Morgan fingerprint density at radius 1 is 1.15 bits per heavy atom. The molecule has 1 fully saturated rings. The Kier molecular flexibility index (Phi) is 4.36. The number of hydrogen-bond donors (Lipinski definition) is 4. The summed E-state index contributed by atoms with van der Waals surface area (Å²) in [7, 11) is 0. The summed E-state index contributed by atoms with van der Waals surface area (Å²) in [6, 6.07) is 13.2. The molecular weight excluding hydrogens is 328 g/mol. The smallest absolute Gasteiger partial charge is 0.124 e. The summed E-state index contributed by atoms with van der Waals surface area (Å²) in [6.07, 6.45) is 4.60. The van der Waals surface area contributed by atoms with Crippen molar-refractivity contribution >= 4 is 0 Å². The van der Waals surface area contributed by atoms with Crippen molar-refractivity contribution in [1.29, 1.82) is 0 Å². The van der Waals surface area contributed by atoms with Crippen LogP contribution in [0.2, 0.25) is 0 Å². The molecule has 26 heavy (non-hydrogen) atoms. The maximum Gasteiger partial charge on any atom is 0.124 e. The molecule has 0 radical (unpaired) electrons. The summed E-state index contributed by atoms with van der Waals surface area (Å²) in [6.45, 7) is 2.71. The van der Waals surface area contributed by atoms with Crippen LogP contribution >= 0.6 is 0 Å². The van der Waals surface area contributed by atoms with E-state index in [0.717, 1.165) is 28.9 Å². The van der Waals surface area contributed by atoms with E-state index in [4.69, 9.17) is 0 Å². The van der Waals surface area contributed by atoms with Gasteiger partial charge in [0.15, 0.2) is 0 Å². The number of aromatic hydroxyl groups is 2. The van der Waals surface area contributed by atoms with E-state index < -0.39 is 0 Å². The minimum atomic E-state index is -0.102. The Hall–Kier alpha value is -2.83. The number of hydrazine groups is 1. The third-order valence-electron chi connectivity index (χ3n) is 4.98. The summed E-state index contributed by atoms with van der Waals surface area (Å²) in [5.41, 5.74) is 10.1. The van der Waals surface area contributed by atoms with Crippen LogP contribution < -0.4 is 10.9 Å². The number of hydrogen-bond acceptors (Lipinski definition) is 5. The van der Waals surface area contributed by atoms with Crippen LogP contribution in [0.25, 0.3) is 5.69 Å². The second-order valence-corrected chi connectivity index (χ2v) is 6.56. The molecule has 2 aromatic carbocycles. The molecule has 2 unspecified atom stereocenters. The Morgan fingerprint density at radius 3 is 2.73 bits per heavy atom. The highest BCUT2D eigenvalue weighted by Crippen LogP contribution is 2.39. The first kappa shape index (κ1) is 16.6. The van der Waals surface area contributed by atoms with Gasteiger partial charge in [0.25, 0.3) is 0 Å². The molecule has 1 aromatic heterocycles. The molecule has 2 atom stereocenters. The molecule has 3 aromatic rings. The van der Waals surface area contributed by atoms with Crippen LogP contribution in [0.15, 0.2) is 54.9 Å². The van der Waals surface area contributed by atoms with Gasteiger partial charge < -0.3 is 10.2 Å². The van der Waals surface area contributed by atoms with Gasteiger partial charge in [0.1, 0.15) is 11.5 Å². The Labute approximate surface area is 152 Å². The Bertz CT molecular complexity index is 907. The molecular formula is C20H22N4O2. The van der Waals surface area contributed by atoms with Gasteiger partial charge >= 0.3 is 0 Å². The van der Waals surface area contributed by atoms with Crippen LogP contribution in [-0.2, 0) is 6.42 Å². The highest BCUT2D eigenvalue weighted by Gasteiger charge is 2.32. The molecule has 4 rings (SSSR count). The molecule has 1 aliphatic heterocycles. The van der Waals surface area contributed by atoms with Gasteiger partial charge in [-0.15, -0.1) is 0 Å². The van der Waals surface area contributed by atoms with Gasteiger partial charge in [-0.2, -0.15) is 5.10 Å². The number of phenolic OH excluding ortho intramolecular Hbond substituents is 2. The van der Waals surface area contributed by atoms with Crippen LogP contribution in [0.1, 0.15) is 35.6 Å². The standard InChI is InChI=1S/C20H22N4O2/c1-2-13-8-16(19(26)9-18(13)25)20-17(11-21-23-20)14-10-22-24(12-14)15-6-4-3-5-7-15/h3-10,12,17,20-21,23,25-26H,2,11H2,1H3. The second-order valence-electron chi connectivity index (χ2n) is 6.56. The van der Waals surface area contributed by atoms with Crippen molar-refractivity contribution in [2.75, 3.05) is 6.54 Å². The normalized spacial score (nSPS) is 19.7. The fourth-order valence-corrected chi connectivity index (χ4v) is 3.53. The van der Waals surface area contributed by atoms with Crippen LogP contribution in [-0.4, -0.2) is 26.5 Å². The molecule has 0 saturated carbocycles. The van der Waals surface area contributed by atoms with E-state index in [1.807, 2.05) is 60.4 Å². The number of nitrogens with one attached hydrogen (secondary N) is 2. The minimum Gasteiger partial charge on any atom is -0.508 e. The van der Waals surface area contributed by atoms with Gasteiger partial charge in [-0.05, 0) is 35.7 Å². The Morgan fingerprint density at radius 2 is 1.96 bits per heavy atom. The topological polar surface area (TPSA) is 82.3 Å². The van der Waals surface area contributed by atoms with Crippen LogP contribution in [0.3, 0.4) is 0 Å². The fraction of sp³-hybridized carbons (Fsp3) is 0.250. The highest BCUT2D eigenvalue weighted by atomic mass is 16.3. The van der Waals surface area contributed by atoms with E-state index in [1.54, 1.807) is 0 Å². The lowest BCUT2D eigenvalue weighted by atomic mass is 9.89. The average molecular weight is 350 g/mol. The highest BCUT2D eigenvalue weighted by molar-refractivity contribution is 5.48. The van der Waals surface area contributed by atoms with Gasteiger partial charge in [-0.1, -0.05) is 25.1 Å². The number of benzene rings is 2. The molecule has 0 aliphatic carbocycles. The predicted molar refractivity (Wildman–Crippen MR) is 99.3 cm³/mol. The van der Waals surface area contributed by atoms with E-state index in [9.17, 15) is 10.2 Å². The zero-order valence-electron chi connectivity index (χ0n) is 14.6. The van der Waals surface area contributed by atoms with E-state index in [0.29, 0.717) is 6.42 Å². The van der Waals surface area contributed by atoms with E-state index in [1.165, 1.54) is 6.07 Å². The van der Waals surface area contributed by atoms with Gasteiger partial charge in [0.05, 0.1) is 17.9 Å². The second kappa shape index (κ2) is 6.82. The van der Waals surface area contributed by atoms with Crippen molar-refractivity contribution in [3.05, 3.63) is 71.5 Å². The molecule has 2 heterocycles. The number of phenols is 2. The number of aryl methyl sites for hydroxylation is 1. The van der Waals surface area contributed by atoms with Crippen molar-refractivity contribution in [1.82, 2.24) is 20.6 Å². The summed E-state index contributed by atoms with van der Waals surface area (Å²) in [5.74, 6) is 0.349. The van der Waals surface area contributed by atoms with E-state index in [2.05, 4.69) is 16.0 Å². The van der Waals surface area contributed by atoms with Crippen molar-refractivity contribution in [2.24, 2.45) is 0 Å². The fourth-order valence-electron chi connectivity index (χ4n) is 3.53. The summed E-state index contributed by atoms with van der Waals surface area (Å²) >= 11 is 0. The zero-order chi connectivity index (χ0) is 18.1. The maximum absolute atomic E-state index is 10.4. The molecule has 1 aliphatic rings. The molecule has 6 heteroatoms. The number of para-hydroxylation sites is 1. The molecule has 0 bridgehead atoms. The van der Waals surface area contributed by atoms with Gasteiger partial charge in [0, 0.05) is 30.3 Å². The van der Waals surface area contributed by atoms with Crippen molar-refractivity contribution < 1.29 is 10.2 Å². The third kappa shape index (κ3) is 2.94. The lowest BCUT2D eigenvalue weighted by molar-refractivity contribution is 0.429. The summed E-state index contributed by atoms with van der Waals surface area (Å²) < 4.78 is 1.86. The predicted octanol–water partition coefficient (Wildman–Crippen LogP) is 2.78. The van der Waals surface area contributed by atoms with Crippen molar-refractivity contribution in [3.63, 3.8) is 0 Å². The summed E-state index contributed by atoms with van der Waals surface area (Å²) in [5, 5.41) is 24.8. The molecule has 0 amide bonds. The molecule has 134 valence electrons. The monoisotopic (exact) mass is 350 g/mol. The first-order valence-corrected chi connectivity index (χ1v) is 8.80. The average Bonchev–Trinajstić information content (AvgIpc) is 3.32. The molecule has 6 nitrogen and oxygen atoms in total. The maximum atomic E-state index is 10.4. The van der Waals surface area contributed by atoms with Gasteiger partial charge in [-0.3, -0.25) is 5.43 Å². The summed E-state index contributed by atoms with van der Waals surface area (Å²) in [4.78, 5) is 0. The SMILES string of the molecule is CCc1cc(C2NNCC2c2cnn(-c3ccccc3)c2)c(O)cc1O. The first-order chi connectivity index (χ1) is 12.7. The van der Waals surface area contributed by atoms with Crippen LogP contribution in [0.5, 0.6) is 11.5 Å². The number of rotatable bonds is 4. The Balaban J connectivity index is 1.67. The minimum absolute atomic E-state index is 0.0985. The van der Waals surface area contributed by atoms with Crippen molar-refractivity contribution in [3.8, 4) is 17.2 Å². The number of nitrogens with zero attached hydrogens (tertiary/aromatic N) is 2. The van der Waals surface area contributed by atoms with Gasteiger partial charge in [0.2, 0.25) is 0 Å². The number of aromatic nitrogens is 2. The third-order valence-corrected chi connectivity index (χ3v) is 4.98. The van der Waals surface area contributed by atoms with Crippen molar-refractivity contribution in [2.45, 2.75) is 25.3 Å². The zero-order valence-corrected chi connectivity index (χ0v) is 14.6. The lowest BCUT2D eigenvalue weighted by Gasteiger charge is -2.20. The molecule has 0 spiro atoms. The van der Waals surface area contributed by atoms with Crippen LogP contribution in [0.4, 0.5) is 0 Å². The van der Waals surface area contributed by atoms with Crippen LogP contribution in [0, 0.1) is 0 Å². The van der Waals surface area contributed by atoms with E-state index in [-0.39, 0.29) is 23.5 Å². The largest absolute Gasteiger partial charge is 0.508 e. The van der Waals surface area contributed by atoms with E-state index >= 15 is 0 Å².